The second kappa shape index (κ2) is 12.4. The molecule has 3 aromatic carbocycles. The minimum atomic E-state index is -0.453. The highest BCUT2D eigenvalue weighted by Crippen LogP contribution is 2.26. The van der Waals surface area contributed by atoms with E-state index in [1.54, 1.807) is 28.8 Å². The second-order valence-electron chi connectivity index (χ2n) is 10.3. The standard InChI is InChI=1S/C32H33N5O5/c1-4-42-27-16-14-25(15-17-27)36-31(33-29-8-6-5-7-28(29)32(36)39)23(3)34-19-20-35(22(2)21-34)30(38)18-11-24-9-12-26(13-10-24)37(40)41/h5-18,22-23H,4,19-21H2,1-3H3/b18-11+. The zero-order valence-corrected chi connectivity index (χ0v) is 23.8. The van der Waals surface area contributed by atoms with Gasteiger partial charge in [0.05, 0.1) is 34.2 Å². The number of ether oxygens (including phenoxy) is 1. The average molecular weight is 568 g/mol. The number of para-hydroxylation sites is 1. The molecule has 2 heterocycles. The molecule has 0 radical (unpaired) electrons. The van der Waals surface area contributed by atoms with Crippen LogP contribution in [0.15, 0.2) is 83.7 Å². The van der Waals surface area contributed by atoms with Crippen molar-refractivity contribution >= 4 is 28.6 Å². The zero-order valence-electron chi connectivity index (χ0n) is 23.8. The Kier molecular flexibility index (Phi) is 8.44. The number of fused-ring (bicyclic) bond motifs is 1. The van der Waals surface area contributed by atoms with Crippen molar-refractivity contribution in [2.24, 2.45) is 0 Å². The fraction of sp³-hybridized carbons (Fsp3) is 0.281. The van der Waals surface area contributed by atoms with Crippen LogP contribution in [0.4, 0.5) is 5.69 Å². The van der Waals surface area contributed by atoms with Crippen LogP contribution in [0.25, 0.3) is 22.7 Å². The fourth-order valence-corrected chi connectivity index (χ4v) is 5.34. The van der Waals surface area contributed by atoms with E-state index in [4.69, 9.17) is 9.72 Å². The van der Waals surface area contributed by atoms with E-state index in [-0.39, 0.29) is 29.2 Å². The van der Waals surface area contributed by atoms with Crippen molar-refractivity contribution in [2.75, 3.05) is 26.2 Å². The quantitative estimate of drug-likeness (QED) is 0.167. The molecule has 2 atom stereocenters. The van der Waals surface area contributed by atoms with Gasteiger partial charge < -0.3 is 9.64 Å². The van der Waals surface area contributed by atoms with Crippen molar-refractivity contribution in [3.05, 3.63) is 111 Å². The number of hydrogen-bond donors (Lipinski definition) is 0. The van der Waals surface area contributed by atoms with E-state index < -0.39 is 4.92 Å². The van der Waals surface area contributed by atoms with Crippen LogP contribution in [0.1, 0.15) is 38.2 Å². The number of nitro groups is 1. The van der Waals surface area contributed by atoms with Crippen molar-refractivity contribution in [3.8, 4) is 11.4 Å². The Balaban J connectivity index is 1.37. The molecule has 0 spiro atoms. The Morgan fingerprint density at radius 3 is 2.48 bits per heavy atom. The van der Waals surface area contributed by atoms with Crippen molar-refractivity contribution < 1.29 is 14.5 Å². The van der Waals surface area contributed by atoms with Crippen LogP contribution in [0.5, 0.6) is 5.75 Å². The number of hydrogen-bond acceptors (Lipinski definition) is 7. The van der Waals surface area contributed by atoms with Gasteiger partial charge in [0.2, 0.25) is 5.91 Å². The molecule has 42 heavy (non-hydrogen) atoms. The summed E-state index contributed by atoms with van der Waals surface area (Å²) in [7, 11) is 0. The lowest BCUT2D eigenvalue weighted by Crippen LogP contribution is -2.54. The summed E-state index contributed by atoms with van der Waals surface area (Å²) in [5, 5.41) is 11.4. The van der Waals surface area contributed by atoms with E-state index in [1.807, 2.05) is 68.1 Å². The first-order valence-corrected chi connectivity index (χ1v) is 14.0. The Morgan fingerprint density at radius 2 is 1.81 bits per heavy atom. The number of non-ortho nitro benzene ring substituents is 1. The van der Waals surface area contributed by atoms with Crippen LogP contribution in [-0.4, -0.2) is 62.5 Å². The predicted molar refractivity (Wildman–Crippen MR) is 162 cm³/mol. The summed E-state index contributed by atoms with van der Waals surface area (Å²) in [5.74, 6) is 1.24. The van der Waals surface area contributed by atoms with Crippen molar-refractivity contribution in [3.63, 3.8) is 0 Å². The molecule has 1 amide bonds. The summed E-state index contributed by atoms with van der Waals surface area (Å²) < 4.78 is 7.27. The van der Waals surface area contributed by atoms with Crippen LogP contribution in [-0.2, 0) is 4.79 Å². The molecule has 5 rings (SSSR count). The number of piperazine rings is 1. The molecule has 1 aliphatic heterocycles. The summed E-state index contributed by atoms with van der Waals surface area (Å²) in [6.07, 6.45) is 3.17. The molecule has 0 N–H and O–H groups in total. The third-order valence-corrected chi connectivity index (χ3v) is 7.59. The van der Waals surface area contributed by atoms with Gasteiger partial charge >= 0.3 is 0 Å². The largest absolute Gasteiger partial charge is 0.494 e. The van der Waals surface area contributed by atoms with Gasteiger partial charge in [-0.15, -0.1) is 0 Å². The molecule has 10 heteroatoms. The number of aromatic nitrogens is 2. The Hall–Kier alpha value is -4.83. The highest BCUT2D eigenvalue weighted by atomic mass is 16.6. The van der Waals surface area contributed by atoms with E-state index in [0.29, 0.717) is 54.2 Å². The zero-order chi connectivity index (χ0) is 29.8. The molecule has 1 fully saturated rings. The van der Waals surface area contributed by atoms with Gasteiger partial charge in [-0.25, -0.2) is 4.98 Å². The van der Waals surface area contributed by atoms with Crippen LogP contribution in [0.3, 0.4) is 0 Å². The summed E-state index contributed by atoms with van der Waals surface area (Å²) in [6.45, 7) is 8.24. The lowest BCUT2D eigenvalue weighted by atomic mass is 10.1. The maximum Gasteiger partial charge on any atom is 0.269 e. The van der Waals surface area contributed by atoms with E-state index >= 15 is 0 Å². The maximum absolute atomic E-state index is 13.8. The number of nitrogens with zero attached hydrogens (tertiary/aromatic N) is 5. The first-order chi connectivity index (χ1) is 20.3. The summed E-state index contributed by atoms with van der Waals surface area (Å²) >= 11 is 0. The Labute approximate surface area is 243 Å². The van der Waals surface area contributed by atoms with Gasteiger partial charge in [-0.05, 0) is 80.9 Å². The van der Waals surface area contributed by atoms with Gasteiger partial charge in [0.1, 0.15) is 11.6 Å². The smallest absolute Gasteiger partial charge is 0.269 e. The van der Waals surface area contributed by atoms with E-state index in [0.717, 1.165) is 5.75 Å². The molecule has 1 saturated heterocycles. The van der Waals surface area contributed by atoms with Crippen molar-refractivity contribution in [1.82, 2.24) is 19.4 Å². The Bertz CT molecular complexity index is 1680. The van der Waals surface area contributed by atoms with Gasteiger partial charge in [-0.1, -0.05) is 12.1 Å². The van der Waals surface area contributed by atoms with E-state index in [9.17, 15) is 19.7 Å². The number of amides is 1. The van der Waals surface area contributed by atoms with Gasteiger partial charge in [0.15, 0.2) is 0 Å². The molecule has 1 aromatic heterocycles. The van der Waals surface area contributed by atoms with Crippen LogP contribution in [0.2, 0.25) is 0 Å². The lowest BCUT2D eigenvalue weighted by Gasteiger charge is -2.42. The SMILES string of the molecule is CCOc1ccc(-n2c(C(C)N3CCN(C(=O)/C=C/c4ccc([N+](=O)[O-])cc4)C(C)C3)nc3ccccc3c2=O)cc1. The molecule has 10 nitrogen and oxygen atoms in total. The van der Waals surface area contributed by atoms with E-state index in [1.165, 1.54) is 18.2 Å². The van der Waals surface area contributed by atoms with E-state index in [2.05, 4.69) is 4.90 Å². The van der Waals surface area contributed by atoms with Gasteiger partial charge in [-0.3, -0.25) is 29.2 Å². The van der Waals surface area contributed by atoms with Gasteiger partial charge in [-0.2, -0.15) is 0 Å². The highest BCUT2D eigenvalue weighted by molar-refractivity contribution is 5.92. The number of nitro benzene ring substituents is 1. The summed E-state index contributed by atoms with van der Waals surface area (Å²) in [6, 6.07) is 20.6. The topological polar surface area (TPSA) is 111 Å². The van der Waals surface area contributed by atoms with Gasteiger partial charge in [0.25, 0.3) is 11.2 Å². The van der Waals surface area contributed by atoms with Crippen molar-refractivity contribution in [1.29, 1.82) is 0 Å². The van der Waals surface area contributed by atoms with Crippen LogP contribution < -0.4 is 10.3 Å². The third-order valence-electron chi connectivity index (χ3n) is 7.59. The number of benzene rings is 3. The molecule has 2 unspecified atom stereocenters. The molecule has 0 bridgehead atoms. The fourth-order valence-electron chi connectivity index (χ4n) is 5.34. The minimum absolute atomic E-state index is 0.00573. The normalized spacial score (nSPS) is 16.5. The lowest BCUT2D eigenvalue weighted by molar-refractivity contribution is -0.384. The predicted octanol–water partition coefficient (Wildman–Crippen LogP) is 5.00. The third kappa shape index (κ3) is 5.94. The number of carbonyl (C=O) groups is 1. The first kappa shape index (κ1) is 28.7. The van der Waals surface area contributed by atoms with Crippen molar-refractivity contribution in [2.45, 2.75) is 32.9 Å². The number of carbonyl (C=O) groups excluding carboxylic acids is 1. The first-order valence-electron chi connectivity index (χ1n) is 14.0. The Morgan fingerprint density at radius 1 is 1.10 bits per heavy atom. The summed E-state index contributed by atoms with van der Waals surface area (Å²) in [5.41, 5.74) is 1.94. The molecular formula is C32H33N5O5. The summed E-state index contributed by atoms with van der Waals surface area (Å²) in [4.78, 5) is 46.3. The molecule has 0 aliphatic carbocycles. The minimum Gasteiger partial charge on any atom is -0.494 e. The second-order valence-corrected chi connectivity index (χ2v) is 10.3. The van der Waals surface area contributed by atoms with Crippen LogP contribution in [0, 0.1) is 10.1 Å². The monoisotopic (exact) mass is 567 g/mol. The highest BCUT2D eigenvalue weighted by Gasteiger charge is 2.31. The molecule has 1 aliphatic rings. The number of rotatable bonds is 8. The molecular weight excluding hydrogens is 534 g/mol. The van der Waals surface area contributed by atoms with Gasteiger partial charge in [0, 0.05) is 43.9 Å². The maximum atomic E-state index is 13.8. The molecule has 0 saturated carbocycles. The van der Waals surface area contributed by atoms with Crippen LogP contribution >= 0.6 is 0 Å². The molecule has 4 aromatic rings. The average Bonchev–Trinajstić information content (AvgIpc) is 3.00. The molecule has 216 valence electrons.